The Hall–Kier alpha value is -2.96. The van der Waals surface area contributed by atoms with Gasteiger partial charge in [0.1, 0.15) is 0 Å². The Labute approximate surface area is 156 Å². The number of fused-ring (bicyclic) bond motifs is 1. The Balaban J connectivity index is 2.18. The van der Waals surface area contributed by atoms with E-state index in [1.165, 1.54) is 23.2 Å². The summed E-state index contributed by atoms with van der Waals surface area (Å²) in [6, 6.07) is 11.7. The molecule has 0 radical (unpaired) electrons. The summed E-state index contributed by atoms with van der Waals surface area (Å²) in [4.78, 5) is 34.1. The van der Waals surface area contributed by atoms with Crippen molar-refractivity contribution in [3.05, 3.63) is 91.9 Å². The van der Waals surface area contributed by atoms with Gasteiger partial charge in [0, 0.05) is 12.4 Å². The van der Waals surface area contributed by atoms with Gasteiger partial charge in [-0.25, -0.2) is 14.3 Å². The van der Waals surface area contributed by atoms with E-state index in [-0.39, 0.29) is 5.82 Å². The zero-order valence-electron chi connectivity index (χ0n) is 13.1. The van der Waals surface area contributed by atoms with Gasteiger partial charge in [-0.2, -0.15) is 0 Å². The highest BCUT2D eigenvalue weighted by molar-refractivity contribution is 6.42. The summed E-state index contributed by atoms with van der Waals surface area (Å²) in [5.41, 5.74) is -0.103. The van der Waals surface area contributed by atoms with Gasteiger partial charge in [0.25, 0.3) is 5.56 Å². The lowest BCUT2D eigenvalue weighted by atomic mass is 10.2. The van der Waals surface area contributed by atoms with Crippen LogP contribution in [0.25, 0.3) is 22.4 Å². The van der Waals surface area contributed by atoms with Crippen LogP contribution in [0.5, 0.6) is 0 Å². The van der Waals surface area contributed by atoms with Gasteiger partial charge in [0.05, 0.1) is 32.8 Å². The van der Waals surface area contributed by atoms with Crippen LogP contribution in [0.4, 0.5) is 0 Å². The predicted molar refractivity (Wildman–Crippen MR) is 101 cm³/mol. The Morgan fingerprint density at radius 3 is 2.42 bits per heavy atom. The first kappa shape index (κ1) is 16.5. The molecule has 4 rings (SSSR count). The number of benzene rings is 2. The molecule has 2 aromatic carbocycles. The van der Waals surface area contributed by atoms with Gasteiger partial charge in [0.15, 0.2) is 5.82 Å². The molecular formula is C18H10Cl2N4O2. The van der Waals surface area contributed by atoms with Crippen molar-refractivity contribution in [1.29, 1.82) is 0 Å². The van der Waals surface area contributed by atoms with Gasteiger partial charge in [0.2, 0.25) is 0 Å². The van der Waals surface area contributed by atoms with Crippen LogP contribution in [-0.4, -0.2) is 19.1 Å². The van der Waals surface area contributed by atoms with Crippen LogP contribution < -0.4 is 11.2 Å². The maximum absolute atomic E-state index is 13.2. The van der Waals surface area contributed by atoms with Crippen LogP contribution in [0.3, 0.4) is 0 Å². The summed E-state index contributed by atoms with van der Waals surface area (Å²) >= 11 is 12.1. The van der Waals surface area contributed by atoms with E-state index in [1.54, 1.807) is 42.5 Å². The fourth-order valence-electron chi connectivity index (χ4n) is 2.74. The molecule has 8 heteroatoms. The summed E-state index contributed by atoms with van der Waals surface area (Å²) in [6.45, 7) is 0. The van der Waals surface area contributed by atoms with Crippen LogP contribution in [0.15, 0.2) is 70.6 Å². The van der Waals surface area contributed by atoms with Crippen molar-refractivity contribution in [3.8, 4) is 11.5 Å². The highest BCUT2D eigenvalue weighted by Gasteiger charge is 2.16. The lowest BCUT2D eigenvalue weighted by molar-refractivity contribution is 0.808. The molecule has 128 valence electrons. The Morgan fingerprint density at radius 2 is 1.69 bits per heavy atom. The first-order valence-electron chi connectivity index (χ1n) is 7.56. The standard InChI is InChI=1S/C18H10Cl2N4O2/c19-13-6-5-11(9-14(13)20)23-15-4-2-1-3-12(15)17(25)24(18(23)26)16-10-21-7-8-22-16/h1-10H. The molecule has 2 heterocycles. The van der Waals surface area contributed by atoms with Gasteiger partial charge in [-0.15, -0.1) is 0 Å². The van der Waals surface area contributed by atoms with Gasteiger partial charge in [-0.1, -0.05) is 35.3 Å². The monoisotopic (exact) mass is 384 g/mol. The minimum Gasteiger partial charge on any atom is -0.268 e. The predicted octanol–water partition coefficient (Wildman–Crippen LogP) is 3.24. The fraction of sp³-hybridized carbons (Fsp3) is 0. The number of hydrogen-bond donors (Lipinski definition) is 0. The maximum Gasteiger partial charge on any atom is 0.342 e. The van der Waals surface area contributed by atoms with Crippen LogP contribution in [-0.2, 0) is 0 Å². The second-order valence-corrected chi connectivity index (χ2v) is 6.25. The third-order valence-corrected chi connectivity index (χ3v) is 4.64. The molecule has 0 fully saturated rings. The number of rotatable bonds is 2. The molecule has 0 bridgehead atoms. The van der Waals surface area contributed by atoms with Gasteiger partial charge in [-0.3, -0.25) is 14.3 Å². The average molecular weight is 385 g/mol. The minimum atomic E-state index is -0.576. The Bertz CT molecular complexity index is 1250. The summed E-state index contributed by atoms with van der Waals surface area (Å²) in [5, 5.41) is 1.04. The highest BCUT2D eigenvalue weighted by Crippen LogP contribution is 2.25. The van der Waals surface area contributed by atoms with Crippen molar-refractivity contribution >= 4 is 34.1 Å². The van der Waals surface area contributed by atoms with E-state index >= 15 is 0 Å². The molecule has 0 unspecified atom stereocenters. The summed E-state index contributed by atoms with van der Waals surface area (Å²) < 4.78 is 2.38. The molecule has 0 atom stereocenters. The van der Waals surface area contributed by atoms with Gasteiger partial charge in [-0.05, 0) is 30.3 Å². The molecule has 0 spiro atoms. The van der Waals surface area contributed by atoms with E-state index in [4.69, 9.17) is 23.2 Å². The molecule has 0 saturated carbocycles. The lowest BCUT2D eigenvalue weighted by Crippen LogP contribution is -2.38. The highest BCUT2D eigenvalue weighted by atomic mass is 35.5. The largest absolute Gasteiger partial charge is 0.342 e. The van der Waals surface area contributed by atoms with Gasteiger partial charge < -0.3 is 0 Å². The number of aromatic nitrogens is 4. The Kier molecular flexibility index (Phi) is 4.06. The zero-order valence-corrected chi connectivity index (χ0v) is 14.6. The van der Waals surface area contributed by atoms with Crippen molar-refractivity contribution in [1.82, 2.24) is 19.1 Å². The second-order valence-electron chi connectivity index (χ2n) is 5.44. The van der Waals surface area contributed by atoms with E-state index in [0.29, 0.717) is 26.6 Å². The van der Waals surface area contributed by atoms with Crippen molar-refractivity contribution in [2.75, 3.05) is 0 Å². The van der Waals surface area contributed by atoms with Crippen LogP contribution in [0.1, 0.15) is 0 Å². The van der Waals surface area contributed by atoms with Crippen molar-refractivity contribution in [3.63, 3.8) is 0 Å². The summed E-state index contributed by atoms with van der Waals surface area (Å²) in [6.07, 6.45) is 4.24. The number of halogens is 2. The van der Waals surface area contributed by atoms with E-state index in [0.717, 1.165) is 4.57 Å². The average Bonchev–Trinajstić information content (AvgIpc) is 2.66. The van der Waals surface area contributed by atoms with Crippen molar-refractivity contribution < 1.29 is 0 Å². The fourth-order valence-corrected chi connectivity index (χ4v) is 3.03. The molecule has 4 aromatic rings. The molecule has 0 aliphatic rings. The molecule has 2 aromatic heterocycles. The smallest absolute Gasteiger partial charge is 0.268 e. The summed E-state index contributed by atoms with van der Waals surface area (Å²) in [5.74, 6) is 0.141. The summed E-state index contributed by atoms with van der Waals surface area (Å²) in [7, 11) is 0. The number of hydrogen-bond acceptors (Lipinski definition) is 4. The van der Waals surface area contributed by atoms with Crippen molar-refractivity contribution in [2.24, 2.45) is 0 Å². The van der Waals surface area contributed by atoms with E-state index < -0.39 is 11.2 Å². The third kappa shape index (κ3) is 2.60. The van der Waals surface area contributed by atoms with Crippen molar-refractivity contribution in [2.45, 2.75) is 0 Å². The maximum atomic E-state index is 13.2. The molecule has 0 amide bonds. The molecule has 0 aliphatic heterocycles. The Morgan fingerprint density at radius 1 is 0.885 bits per heavy atom. The van der Waals surface area contributed by atoms with Crippen LogP contribution in [0, 0.1) is 0 Å². The van der Waals surface area contributed by atoms with Crippen LogP contribution in [0.2, 0.25) is 10.0 Å². The third-order valence-electron chi connectivity index (χ3n) is 3.90. The SMILES string of the molecule is O=c1c2ccccc2n(-c2ccc(Cl)c(Cl)c2)c(=O)n1-c1cnccn1. The zero-order chi connectivity index (χ0) is 18.3. The first-order valence-corrected chi connectivity index (χ1v) is 8.32. The normalized spacial score (nSPS) is 11.0. The minimum absolute atomic E-state index is 0.141. The van der Waals surface area contributed by atoms with E-state index in [2.05, 4.69) is 9.97 Å². The molecule has 6 nitrogen and oxygen atoms in total. The van der Waals surface area contributed by atoms with Gasteiger partial charge >= 0.3 is 5.69 Å². The molecule has 0 aliphatic carbocycles. The van der Waals surface area contributed by atoms with E-state index in [1.807, 2.05) is 0 Å². The molecular weight excluding hydrogens is 375 g/mol. The lowest BCUT2D eigenvalue weighted by Gasteiger charge is -2.14. The topological polar surface area (TPSA) is 69.8 Å². The molecule has 0 saturated heterocycles. The number of nitrogens with zero attached hydrogens (tertiary/aromatic N) is 4. The van der Waals surface area contributed by atoms with Crippen LogP contribution >= 0.6 is 23.2 Å². The second kappa shape index (κ2) is 6.40. The molecule has 0 N–H and O–H groups in total. The number of para-hydroxylation sites is 1. The first-order chi connectivity index (χ1) is 12.6. The quantitative estimate of drug-likeness (QED) is 0.531. The molecule has 26 heavy (non-hydrogen) atoms. The van der Waals surface area contributed by atoms with E-state index in [9.17, 15) is 9.59 Å².